The molecule has 0 atom stereocenters. The van der Waals surface area contributed by atoms with Crippen LogP contribution in [0.3, 0.4) is 0 Å². The maximum absolute atomic E-state index is 13.7. The zero-order valence-corrected chi connectivity index (χ0v) is 37.5. The average molecular weight is 879 g/mol. The largest absolute Gasteiger partial charge is 0.415 e. The summed E-state index contributed by atoms with van der Waals surface area (Å²) in [5.41, 5.74) is 5.69. The lowest BCUT2D eigenvalue weighted by atomic mass is 10.0. The van der Waals surface area contributed by atoms with Crippen molar-refractivity contribution in [3.8, 4) is 17.2 Å². The van der Waals surface area contributed by atoms with Gasteiger partial charge in [-0.05, 0) is 84.2 Å². The number of hydrogen-bond acceptors (Lipinski definition) is 9. The summed E-state index contributed by atoms with van der Waals surface area (Å²) in [5.74, 6) is 1.18. The predicted molar refractivity (Wildman–Crippen MR) is 252 cm³/mol. The number of amides is 3. The topological polar surface area (TPSA) is 98.3 Å². The van der Waals surface area contributed by atoms with Crippen molar-refractivity contribution >= 4 is 18.3 Å². The maximum atomic E-state index is 13.7. The van der Waals surface area contributed by atoms with E-state index in [9.17, 15) is 14.4 Å². The minimum Gasteiger partial charge on any atom is -0.410 e. The molecule has 0 saturated carbocycles. The van der Waals surface area contributed by atoms with E-state index in [-0.39, 0.29) is 6.09 Å². The minimum atomic E-state index is -0.415. The van der Waals surface area contributed by atoms with E-state index in [4.69, 9.17) is 14.2 Å². The summed E-state index contributed by atoms with van der Waals surface area (Å²) < 4.78 is 17.9. The number of rotatable bonds is 12. The number of aryl methyl sites for hydroxylation is 2. The van der Waals surface area contributed by atoms with Crippen LogP contribution in [-0.4, -0.2) is 126 Å². The zero-order chi connectivity index (χ0) is 44.6. The highest BCUT2D eigenvalue weighted by Crippen LogP contribution is 2.27. The van der Waals surface area contributed by atoms with Crippen molar-refractivity contribution in [2.75, 3.05) is 78.5 Å². The lowest BCUT2D eigenvalue weighted by molar-refractivity contribution is 0.150. The van der Waals surface area contributed by atoms with Crippen LogP contribution in [0.2, 0.25) is 0 Å². The second kappa shape index (κ2) is 23.1. The highest BCUT2D eigenvalue weighted by atomic mass is 16.6. The van der Waals surface area contributed by atoms with Crippen LogP contribution in [0.1, 0.15) is 47.1 Å². The Hall–Kier alpha value is -6.21. The van der Waals surface area contributed by atoms with Crippen LogP contribution in [0.5, 0.6) is 17.2 Å². The number of nitrogens with zero attached hydrogens (tertiary/aromatic N) is 6. The van der Waals surface area contributed by atoms with E-state index in [1.807, 2.05) is 54.6 Å². The number of carbonyl (C=O) groups is 3. The number of hydrogen-bond donors (Lipinski definition) is 0. The fourth-order valence-corrected chi connectivity index (χ4v) is 8.86. The Balaban J connectivity index is 0.883. The molecule has 3 amide bonds. The van der Waals surface area contributed by atoms with E-state index in [0.717, 1.165) is 89.3 Å². The smallest absolute Gasteiger partial charge is 0.410 e. The van der Waals surface area contributed by atoms with Crippen LogP contribution in [0.15, 0.2) is 133 Å². The number of ether oxygens (including phenoxy) is 3. The average Bonchev–Trinajstić information content (AvgIpc) is 3.82. The summed E-state index contributed by atoms with van der Waals surface area (Å²) in [4.78, 5) is 53.0. The molecule has 8 rings (SSSR count). The third-order valence-electron chi connectivity index (χ3n) is 12.5. The molecule has 0 bridgehead atoms. The van der Waals surface area contributed by atoms with Crippen molar-refractivity contribution in [3.63, 3.8) is 0 Å². The van der Waals surface area contributed by atoms with Crippen LogP contribution in [0.25, 0.3) is 0 Å². The Bertz CT molecular complexity index is 2190. The first kappa shape index (κ1) is 45.4. The quantitative estimate of drug-likeness (QED) is 0.122. The summed E-state index contributed by atoms with van der Waals surface area (Å²) in [5, 5.41) is 0. The molecule has 0 spiro atoms. The molecular formula is C53H62N6O6. The summed E-state index contributed by atoms with van der Waals surface area (Å²) in [6.45, 7) is 11.1. The summed E-state index contributed by atoms with van der Waals surface area (Å²) >= 11 is 0. The zero-order valence-electron chi connectivity index (χ0n) is 37.5. The molecule has 12 nitrogen and oxygen atoms in total. The Morgan fingerprint density at radius 1 is 0.338 bits per heavy atom. The Kier molecular flexibility index (Phi) is 16.1. The molecule has 5 aromatic carbocycles. The van der Waals surface area contributed by atoms with Gasteiger partial charge in [-0.15, -0.1) is 0 Å². The van der Waals surface area contributed by atoms with Crippen LogP contribution in [0.4, 0.5) is 14.4 Å². The first-order valence-corrected chi connectivity index (χ1v) is 23.3. The predicted octanol–water partition coefficient (Wildman–Crippen LogP) is 8.59. The third-order valence-corrected chi connectivity index (χ3v) is 12.5. The van der Waals surface area contributed by atoms with E-state index < -0.39 is 12.2 Å². The molecule has 0 aliphatic carbocycles. The first-order valence-electron chi connectivity index (χ1n) is 23.3. The van der Waals surface area contributed by atoms with E-state index >= 15 is 0 Å². The molecule has 0 unspecified atom stereocenters. The van der Waals surface area contributed by atoms with Crippen molar-refractivity contribution in [3.05, 3.63) is 161 Å². The third kappa shape index (κ3) is 13.9. The molecule has 5 aromatic rings. The van der Waals surface area contributed by atoms with Gasteiger partial charge in [0, 0.05) is 104 Å². The number of carbonyl (C=O) groups excluding carboxylic acids is 3. The SMILES string of the molecule is O=C(Oc1ccc(CCc2cc(OC(=O)N3CCCN(Cc4ccccc4)CC3)cc(OC(=O)N3CCCN(Cc4ccccc4)CC3)c2)cc1)N1CCCN(Cc2ccccc2)CC1. The Labute approximate surface area is 383 Å². The van der Waals surface area contributed by atoms with Crippen LogP contribution in [0, 0.1) is 0 Å². The second-order valence-electron chi connectivity index (χ2n) is 17.4. The summed E-state index contributed by atoms with van der Waals surface area (Å²) in [6, 6.07) is 44.2. The molecule has 0 radical (unpaired) electrons. The standard InChI is InChI=1S/C53H62N6O6/c60-51(57-28-10-25-54(31-34-57)40-44-13-4-1-5-14-44)63-48-23-21-43(22-24-48)19-20-47-37-49(64-52(61)58-29-11-26-55(32-35-58)41-45-15-6-2-7-16-45)39-50(38-47)65-53(62)59-30-12-27-56(33-36-59)42-46-17-8-3-9-18-46/h1-9,13-18,21-24,37-39H,10-12,19-20,25-36,40-42H2. The second-order valence-corrected chi connectivity index (χ2v) is 17.4. The Morgan fingerprint density at radius 2 is 0.692 bits per heavy atom. The molecule has 65 heavy (non-hydrogen) atoms. The van der Waals surface area contributed by atoms with Gasteiger partial charge in [-0.25, -0.2) is 14.4 Å². The molecule has 3 aliphatic heterocycles. The molecule has 3 heterocycles. The Morgan fingerprint density at radius 3 is 1.08 bits per heavy atom. The van der Waals surface area contributed by atoms with E-state index in [0.29, 0.717) is 69.4 Å². The van der Waals surface area contributed by atoms with Gasteiger partial charge in [0.15, 0.2) is 0 Å². The molecular weight excluding hydrogens is 817 g/mol. The molecule has 3 fully saturated rings. The van der Waals surface area contributed by atoms with Gasteiger partial charge < -0.3 is 28.9 Å². The van der Waals surface area contributed by atoms with Gasteiger partial charge in [0.1, 0.15) is 17.2 Å². The molecule has 3 aliphatic rings. The highest BCUT2D eigenvalue weighted by molar-refractivity contribution is 5.73. The number of benzene rings is 5. The van der Waals surface area contributed by atoms with E-state index in [1.165, 1.54) is 16.7 Å². The fourth-order valence-electron chi connectivity index (χ4n) is 8.86. The van der Waals surface area contributed by atoms with Gasteiger partial charge in [-0.2, -0.15) is 0 Å². The van der Waals surface area contributed by atoms with Gasteiger partial charge in [0.05, 0.1) is 0 Å². The van der Waals surface area contributed by atoms with Gasteiger partial charge in [0.2, 0.25) is 0 Å². The molecule has 0 aromatic heterocycles. The van der Waals surface area contributed by atoms with Gasteiger partial charge in [0.25, 0.3) is 0 Å². The fraction of sp³-hybridized carbons (Fsp3) is 0.377. The van der Waals surface area contributed by atoms with Gasteiger partial charge >= 0.3 is 18.3 Å². The van der Waals surface area contributed by atoms with Crippen molar-refractivity contribution in [1.82, 2.24) is 29.4 Å². The van der Waals surface area contributed by atoms with Crippen molar-refractivity contribution in [1.29, 1.82) is 0 Å². The van der Waals surface area contributed by atoms with Crippen LogP contribution in [-0.2, 0) is 32.5 Å². The van der Waals surface area contributed by atoms with Crippen LogP contribution >= 0.6 is 0 Å². The molecule has 12 heteroatoms. The molecule has 0 N–H and O–H groups in total. The van der Waals surface area contributed by atoms with Gasteiger partial charge in [-0.3, -0.25) is 14.7 Å². The van der Waals surface area contributed by atoms with Crippen LogP contribution < -0.4 is 14.2 Å². The lowest BCUT2D eigenvalue weighted by Gasteiger charge is -2.22. The highest BCUT2D eigenvalue weighted by Gasteiger charge is 2.25. The maximum Gasteiger partial charge on any atom is 0.415 e. The van der Waals surface area contributed by atoms with Crippen molar-refractivity contribution < 1.29 is 28.6 Å². The van der Waals surface area contributed by atoms with E-state index in [1.54, 1.807) is 20.8 Å². The molecule has 3 saturated heterocycles. The normalized spacial score (nSPS) is 16.8. The molecule has 340 valence electrons. The van der Waals surface area contributed by atoms with Crippen molar-refractivity contribution in [2.45, 2.75) is 51.7 Å². The lowest BCUT2D eigenvalue weighted by Crippen LogP contribution is -2.37. The summed E-state index contributed by atoms with van der Waals surface area (Å²) in [6.07, 6.45) is 2.67. The van der Waals surface area contributed by atoms with Gasteiger partial charge in [-0.1, -0.05) is 103 Å². The van der Waals surface area contributed by atoms with Crippen molar-refractivity contribution in [2.24, 2.45) is 0 Å². The minimum absolute atomic E-state index is 0.331. The van der Waals surface area contributed by atoms with E-state index in [2.05, 4.69) is 87.5 Å². The first-order chi connectivity index (χ1) is 31.9. The monoisotopic (exact) mass is 878 g/mol. The summed E-state index contributed by atoms with van der Waals surface area (Å²) in [7, 11) is 0.